The predicted molar refractivity (Wildman–Crippen MR) is 102 cm³/mol. The van der Waals surface area contributed by atoms with Crippen LogP contribution in [0.1, 0.15) is 30.5 Å². The number of carbonyl (C=O) groups is 1. The Morgan fingerprint density at radius 2 is 1.88 bits per heavy atom. The molecule has 0 spiro atoms. The normalized spacial score (nSPS) is 16.8. The molecule has 5 nitrogen and oxygen atoms in total. The molecule has 0 aliphatic carbocycles. The minimum Gasteiger partial charge on any atom is -0.448 e. The first-order chi connectivity index (χ1) is 12.7. The topological polar surface area (TPSA) is 46.8 Å². The highest BCUT2D eigenvalue weighted by atomic mass is 16.6. The highest BCUT2D eigenvalue weighted by Crippen LogP contribution is 2.37. The fraction of sp³-hybridized carbons (Fsp3) is 0.238. The molecule has 2 aromatic carbocycles. The summed E-state index contributed by atoms with van der Waals surface area (Å²) in [6, 6.07) is 18.0. The first kappa shape index (κ1) is 16.4. The molecule has 2 heterocycles. The van der Waals surface area contributed by atoms with Crippen molar-refractivity contribution >= 4 is 22.7 Å². The van der Waals surface area contributed by atoms with Crippen LogP contribution in [0.2, 0.25) is 0 Å². The number of amides is 1. The molecule has 5 heteroatoms. The van der Waals surface area contributed by atoms with Gasteiger partial charge in [0.15, 0.2) is 0 Å². The Bertz CT molecular complexity index is 975. The summed E-state index contributed by atoms with van der Waals surface area (Å²) in [6.45, 7) is 2.14. The molecule has 0 N–H and O–H groups in total. The van der Waals surface area contributed by atoms with E-state index in [1.807, 2.05) is 56.4 Å². The van der Waals surface area contributed by atoms with Gasteiger partial charge in [0.05, 0.1) is 18.4 Å². The molecule has 1 aliphatic rings. The molecule has 1 aromatic heterocycles. The lowest BCUT2D eigenvalue weighted by atomic mass is 9.98. The average Bonchev–Trinajstić information content (AvgIpc) is 3.25. The SMILES string of the molecule is CCOC(=O)N1N=C(c2ccccc2)C[C@H]1c1cn(C)c2ccccc12. The first-order valence-electron chi connectivity index (χ1n) is 8.82. The summed E-state index contributed by atoms with van der Waals surface area (Å²) in [6.07, 6.45) is 2.35. The van der Waals surface area contributed by atoms with Crippen molar-refractivity contribution in [2.45, 2.75) is 19.4 Å². The number of hydrogen-bond acceptors (Lipinski definition) is 3. The fourth-order valence-electron chi connectivity index (χ4n) is 3.55. The number of fused-ring (bicyclic) bond motifs is 1. The van der Waals surface area contributed by atoms with Crippen molar-refractivity contribution in [3.8, 4) is 0 Å². The largest absolute Gasteiger partial charge is 0.448 e. The number of rotatable bonds is 3. The summed E-state index contributed by atoms with van der Waals surface area (Å²) < 4.78 is 7.35. The molecule has 0 saturated carbocycles. The van der Waals surface area contributed by atoms with E-state index < -0.39 is 6.09 Å². The zero-order chi connectivity index (χ0) is 18.1. The number of carbonyl (C=O) groups excluding carboxylic acids is 1. The summed E-state index contributed by atoms with van der Waals surface area (Å²) in [4.78, 5) is 12.5. The van der Waals surface area contributed by atoms with Crippen molar-refractivity contribution in [3.63, 3.8) is 0 Å². The number of benzene rings is 2. The lowest BCUT2D eigenvalue weighted by Gasteiger charge is -2.20. The van der Waals surface area contributed by atoms with Gasteiger partial charge in [0.1, 0.15) is 0 Å². The zero-order valence-corrected chi connectivity index (χ0v) is 14.9. The molecule has 3 aromatic rings. The Morgan fingerprint density at radius 3 is 2.65 bits per heavy atom. The number of aryl methyl sites for hydroxylation is 1. The van der Waals surface area contributed by atoms with E-state index in [1.54, 1.807) is 0 Å². The van der Waals surface area contributed by atoms with Gasteiger partial charge >= 0.3 is 6.09 Å². The molecule has 0 fully saturated rings. The predicted octanol–water partition coefficient (Wildman–Crippen LogP) is 4.49. The van der Waals surface area contributed by atoms with Gasteiger partial charge in [-0.15, -0.1) is 0 Å². The van der Waals surface area contributed by atoms with Crippen LogP contribution in [0.5, 0.6) is 0 Å². The van der Waals surface area contributed by atoms with Crippen LogP contribution in [0.25, 0.3) is 10.9 Å². The second-order valence-electron chi connectivity index (χ2n) is 6.39. The van der Waals surface area contributed by atoms with Gasteiger partial charge in [-0.2, -0.15) is 10.1 Å². The number of aromatic nitrogens is 1. The molecule has 1 amide bonds. The van der Waals surface area contributed by atoms with E-state index in [2.05, 4.69) is 28.0 Å². The number of ether oxygens (including phenoxy) is 1. The van der Waals surface area contributed by atoms with E-state index in [-0.39, 0.29) is 6.04 Å². The van der Waals surface area contributed by atoms with Gasteiger partial charge in [0.2, 0.25) is 0 Å². The maximum Gasteiger partial charge on any atom is 0.430 e. The molecular formula is C21H21N3O2. The summed E-state index contributed by atoms with van der Waals surface area (Å²) in [7, 11) is 2.02. The van der Waals surface area contributed by atoms with Crippen molar-refractivity contribution in [3.05, 3.63) is 71.9 Å². The maximum absolute atomic E-state index is 12.5. The molecule has 26 heavy (non-hydrogen) atoms. The highest BCUT2D eigenvalue weighted by Gasteiger charge is 2.35. The summed E-state index contributed by atoms with van der Waals surface area (Å²) >= 11 is 0. The Balaban J connectivity index is 1.78. The first-order valence-corrected chi connectivity index (χ1v) is 8.82. The number of para-hydroxylation sites is 1. The van der Waals surface area contributed by atoms with E-state index in [9.17, 15) is 4.79 Å². The zero-order valence-electron chi connectivity index (χ0n) is 14.9. The quantitative estimate of drug-likeness (QED) is 0.701. The van der Waals surface area contributed by atoms with Crippen molar-refractivity contribution in [2.24, 2.45) is 12.1 Å². The Morgan fingerprint density at radius 1 is 1.15 bits per heavy atom. The van der Waals surface area contributed by atoms with Crippen LogP contribution in [-0.2, 0) is 11.8 Å². The van der Waals surface area contributed by atoms with Gasteiger partial charge in [-0.1, -0.05) is 48.5 Å². The van der Waals surface area contributed by atoms with Crippen LogP contribution in [0.3, 0.4) is 0 Å². The maximum atomic E-state index is 12.5. The van der Waals surface area contributed by atoms with Gasteiger partial charge in [0.25, 0.3) is 0 Å². The van der Waals surface area contributed by atoms with Crippen molar-refractivity contribution in [2.75, 3.05) is 6.61 Å². The number of hydrogen-bond donors (Lipinski definition) is 0. The van der Waals surface area contributed by atoms with Gasteiger partial charge in [-0.3, -0.25) is 0 Å². The molecule has 1 aliphatic heterocycles. The lowest BCUT2D eigenvalue weighted by Crippen LogP contribution is -2.27. The standard InChI is InChI=1S/C21H21N3O2/c1-3-26-21(25)24-20(13-18(22-24)15-9-5-4-6-10-15)17-14-23(2)19-12-8-7-11-16(17)19/h4-12,14,20H,3,13H2,1-2H3/t20-/m0/s1. The van der Waals surface area contributed by atoms with Gasteiger partial charge in [-0.25, -0.2) is 4.79 Å². The van der Waals surface area contributed by atoms with E-state index in [1.165, 1.54) is 5.01 Å². The van der Waals surface area contributed by atoms with E-state index in [4.69, 9.17) is 4.74 Å². The van der Waals surface area contributed by atoms with Crippen LogP contribution in [-0.4, -0.2) is 28.0 Å². The number of nitrogens with zero attached hydrogens (tertiary/aromatic N) is 3. The minimum atomic E-state index is -0.406. The minimum absolute atomic E-state index is 0.171. The van der Waals surface area contributed by atoms with Crippen molar-refractivity contribution < 1.29 is 9.53 Å². The third-order valence-corrected chi connectivity index (χ3v) is 4.76. The third kappa shape index (κ3) is 2.75. The van der Waals surface area contributed by atoms with Crippen LogP contribution in [0.15, 0.2) is 65.9 Å². The lowest BCUT2D eigenvalue weighted by molar-refractivity contribution is 0.0977. The second kappa shape index (κ2) is 6.67. The Labute approximate surface area is 152 Å². The molecule has 0 bridgehead atoms. The Hall–Kier alpha value is -3.08. The molecule has 0 unspecified atom stereocenters. The van der Waals surface area contributed by atoms with Crippen LogP contribution in [0.4, 0.5) is 4.79 Å². The van der Waals surface area contributed by atoms with E-state index in [0.29, 0.717) is 13.0 Å². The monoisotopic (exact) mass is 347 g/mol. The number of hydrazone groups is 1. The van der Waals surface area contributed by atoms with Crippen LogP contribution in [0, 0.1) is 0 Å². The summed E-state index contributed by atoms with van der Waals surface area (Å²) in [5.41, 5.74) is 4.16. The van der Waals surface area contributed by atoms with Gasteiger partial charge < -0.3 is 9.30 Å². The molecular weight excluding hydrogens is 326 g/mol. The summed E-state index contributed by atoms with van der Waals surface area (Å²) in [5.74, 6) is 0. The third-order valence-electron chi connectivity index (χ3n) is 4.76. The van der Waals surface area contributed by atoms with Gasteiger partial charge in [0, 0.05) is 36.1 Å². The van der Waals surface area contributed by atoms with E-state index >= 15 is 0 Å². The van der Waals surface area contributed by atoms with Crippen LogP contribution < -0.4 is 0 Å². The fourth-order valence-corrected chi connectivity index (χ4v) is 3.55. The molecule has 4 rings (SSSR count). The van der Waals surface area contributed by atoms with E-state index in [0.717, 1.165) is 27.7 Å². The molecule has 1 atom stereocenters. The summed E-state index contributed by atoms with van der Waals surface area (Å²) in [5, 5.41) is 7.25. The molecule has 132 valence electrons. The second-order valence-corrected chi connectivity index (χ2v) is 6.39. The molecule has 0 radical (unpaired) electrons. The highest BCUT2D eigenvalue weighted by molar-refractivity contribution is 6.03. The van der Waals surface area contributed by atoms with Gasteiger partial charge in [-0.05, 0) is 18.6 Å². The molecule has 0 saturated heterocycles. The average molecular weight is 347 g/mol. The smallest absolute Gasteiger partial charge is 0.430 e. The van der Waals surface area contributed by atoms with Crippen LogP contribution >= 0.6 is 0 Å². The van der Waals surface area contributed by atoms with Crippen molar-refractivity contribution in [1.82, 2.24) is 9.58 Å². The Kier molecular flexibility index (Phi) is 4.21. The van der Waals surface area contributed by atoms with Crippen molar-refractivity contribution in [1.29, 1.82) is 0 Å².